The average Bonchev–Trinajstić information content (AvgIpc) is 3.23. The molecule has 24 heavy (non-hydrogen) atoms. The number of epoxide rings is 1. The number of ketones is 1. The van der Waals surface area contributed by atoms with Crippen LogP contribution in [0.3, 0.4) is 0 Å². The molecule has 0 aromatic carbocycles. The molecule has 1 N–H and O–H groups in total. The van der Waals surface area contributed by atoms with Gasteiger partial charge in [0.2, 0.25) is 0 Å². The second-order valence-electron chi connectivity index (χ2n) is 9.65. The Bertz CT molecular complexity index is 656. The minimum Gasteiger partial charge on any atom is -0.393 e. The summed E-state index contributed by atoms with van der Waals surface area (Å²) in [5.41, 5.74) is -0.252. The monoisotopic (exact) mass is 329 g/mol. The first kappa shape index (κ1) is 15.3. The number of hydrogen-bond acceptors (Lipinski definition) is 4. The van der Waals surface area contributed by atoms with Crippen molar-refractivity contribution in [3.8, 4) is 6.07 Å². The Morgan fingerprint density at radius 1 is 1.17 bits per heavy atom. The SMILES string of the molecule is C[C@]12CC[C@H]3[C@@H](CC[C@@]45O[C@@H]4C(=O)[C@H](C#N)C[C@]35C)[C@@H]1CC[C@@H]2O. The summed E-state index contributed by atoms with van der Waals surface area (Å²) in [4.78, 5) is 12.4. The van der Waals surface area contributed by atoms with Gasteiger partial charge in [0.15, 0.2) is 5.78 Å². The van der Waals surface area contributed by atoms with Crippen LogP contribution in [0.1, 0.15) is 58.8 Å². The molecule has 0 radical (unpaired) electrons. The third-order valence-electron chi connectivity index (χ3n) is 9.10. The third kappa shape index (κ3) is 1.51. The van der Waals surface area contributed by atoms with Gasteiger partial charge in [0.05, 0.1) is 12.2 Å². The molecule has 5 rings (SSSR count). The van der Waals surface area contributed by atoms with E-state index in [1.807, 2.05) is 0 Å². The van der Waals surface area contributed by atoms with Crippen molar-refractivity contribution in [2.24, 2.45) is 34.5 Å². The zero-order valence-electron chi connectivity index (χ0n) is 14.6. The van der Waals surface area contributed by atoms with Gasteiger partial charge in [-0.15, -0.1) is 0 Å². The molecule has 5 fully saturated rings. The molecule has 1 saturated heterocycles. The van der Waals surface area contributed by atoms with Crippen molar-refractivity contribution in [2.75, 3.05) is 0 Å². The molecule has 1 heterocycles. The summed E-state index contributed by atoms with van der Waals surface area (Å²) in [6, 6.07) is 2.25. The first-order valence-corrected chi connectivity index (χ1v) is 9.67. The fourth-order valence-electron chi connectivity index (χ4n) is 7.66. The molecular weight excluding hydrogens is 302 g/mol. The van der Waals surface area contributed by atoms with E-state index in [9.17, 15) is 15.2 Å². The highest BCUT2D eigenvalue weighted by Crippen LogP contribution is 2.72. The number of carbonyl (C=O) groups is 1. The zero-order valence-corrected chi connectivity index (χ0v) is 14.6. The molecule has 4 saturated carbocycles. The van der Waals surface area contributed by atoms with Crippen molar-refractivity contribution in [3.05, 3.63) is 0 Å². The van der Waals surface area contributed by atoms with Crippen LogP contribution in [0.5, 0.6) is 0 Å². The summed E-state index contributed by atoms with van der Waals surface area (Å²) in [6.45, 7) is 4.59. The number of ether oxygens (including phenoxy) is 1. The van der Waals surface area contributed by atoms with E-state index in [2.05, 4.69) is 19.9 Å². The normalized spacial score (nSPS) is 61.2. The van der Waals surface area contributed by atoms with Crippen LogP contribution in [0.25, 0.3) is 0 Å². The summed E-state index contributed by atoms with van der Waals surface area (Å²) in [7, 11) is 0. The fourth-order valence-corrected chi connectivity index (χ4v) is 7.66. The van der Waals surface area contributed by atoms with Crippen LogP contribution in [0.15, 0.2) is 0 Å². The molecule has 4 heteroatoms. The van der Waals surface area contributed by atoms with E-state index in [1.165, 1.54) is 0 Å². The topological polar surface area (TPSA) is 73.6 Å². The largest absolute Gasteiger partial charge is 0.393 e. The highest BCUT2D eigenvalue weighted by molar-refractivity contribution is 5.92. The summed E-state index contributed by atoms with van der Waals surface area (Å²) in [5, 5.41) is 20.0. The predicted octanol–water partition coefficient (Wildman–Crippen LogP) is 2.84. The molecule has 5 aliphatic rings. The van der Waals surface area contributed by atoms with E-state index in [0.29, 0.717) is 24.2 Å². The van der Waals surface area contributed by atoms with E-state index in [4.69, 9.17) is 4.74 Å². The third-order valence-corrected chi connectivity index (χ3v) is 9.10. The Hall–Kier alpha value is -0.920. The van der Waals surface area contributed by atoms with Crippen LogP contribution in [-0.4, -0.2) is 28.7 Å². The van der Waals surface area contributed by atoms with Crippen molar-refractivity contribution < 1.29 is 14.6 Å². The number of hydrogen-bond donors (Lipinski definition) is 1. The predicted molar refractivity (Wildman–Crippen MR) is 86.7 cm³/mol. The van der Waals surface area contributed by atoms with Gasteiger partial charge in [-0.05, 0) is 68.1 Å². The van der Waals surface area contributed by atoms with Crippen molar-refractivity contribution in [3.63, 3.8) is 0 Å². The first-order chi connectivity index (χ1) is 11.4. The first-order valence-electron chi connectivity index (χ1n) is 9.67. The van der Waals surface area contributed by atoms with Gasteiger partial charge in [0.25, 0.3) is 0 Å². The molecule has 9 atom stereocenters. The minimum atomic E-state index is -0.489. The van der Waals surface area contributed by atoms with Crippen molar-refractivity contribution >= 4 is 5.78 Å². The Kier molecular flexibility index (Phi) is 2.83. The van der Waals surface area contributed by atoms with Gasteiger partial charge in [0, 0.05) is 5.41 Å². The van der Waals surface area contributed by atoms with Crippen LogP contribution in [0, 0.1) is 45.8 Å². The number of nitriles is 1. The van der Waals surface area contributed by atoms with Crippen molar-refractivity contribution in [1.29, 1.82) is 5.26 Å². The Balaban J connectivity index is 1.53. The van der Waals surface area contributed by atoms with Gasteiger partial charge in [-0.3, -0.25) is 4.79 Å². The fraction of sp³-hybridized carbons (Fsp3) is 0.900. The minimum absolute atomic E-state index is 0.0327. The number of nitrogens with zero attached hydrogens (tertiary/aromatic N) is 1. The smallest absolute Gasteiger partial charge is 0.181 e. The number of aliphatic hydroxyl groups excluding tert-OH is 1. The molecule has 0 aromatic heterocycles. The molecule has 4 nitrogen and oxygen atoms in total. The molecule has 1 spiro atoms. The Labute approximate surface area is 143 Å². The van der Waals surface area contributed by atoms with E-state index in [0.717, 1.165) is 38.5 Å². The lowest BCUT2D eigenvalue weighted by Gasteiger charge is -2.59. The van der Waals surface area contributed by atoms with E-state index < -0.39 is 5.92 Å². The van der Waals surface area contributed by atoms with Gasteiger partial charge >= 0.3 is 0 Å². The van der Waals surface area contributed by atoms with Crippen molar-refractivity contribution in [1.82, 2.24) is 0 Å². The van der Waals surface area contributed by atoms with Crippen molar-refractivity contribution in [2.45, 2.75) is 76.6 Å². The van der Waals surface area contributed by atoms with Gasteiger partial charge < -0.3 is 9.84 Å². The van der Waals surface area contributed by atoms with Gasteiger partial charge in [0.1, 0.15) is 17.6 Å². The second kappa shape index (κ2) is 4.43. The lowest BCUT2D eigenvalue weighted by atomic mass is 9.44. The maximum absolute atomic E-state index is 12.4. The van der Waals surface area contributed by atoms with Crippen LogP contribution >= 0.6 is 0 Å². The Morgan fingerprint density at radius 3 is 2.71 bits per heavy atom. The Morgan fingerprint density at radius 2 is 1.96 bits per heavy atom. The number of aliphatic hydroxyl groups is 1. The van der Waals surface area contributed by atoms with Crippen LogP contribution < -0.4 is 0 Å². The van der Waals surface area contributed by atoms with Crippen LogP contribution in [0.4, 0.5) is 0 Å². The van der Waals surface area contributed by atoms with Crippen LogP contribution in [-0.2, 0) is 9.53 Å². The van der Waals surface area contributed by atoms with Gasteiger partial charge in [-0.2, -0.15) is 5.26 Å². The van der Waals surface area contributed by atoms with E-state index in [1.54, 1.807) is 0 Å². The molecule has 0 aromatic rings. The number of carbonyl (C=O) groups excluding carboxylic acids is 1. The maximum atomic E-state index is 12.4. The van der Waals surface area contributed by atoms with E-state index >= 15 is 0 Å². The molecule has 1 aliphatic heterocycles. The zero-order chi connectivity index (χ0) is 16.9. The lowest BCUT2D eigenvalue weighted by Crippen LogP contribution is -2.59. The molecule has 4 aliphatic carbocycles. The summed E-state index contributed by atoms with van der Waals surface area (Å²) in [5.74, 6) is 1.29. The summed E-state index contributed by atoms with van der Waals surface area (Å²) >= 11 is 0. The molecular formula is C20H27NO3. The van der Waals surface area contributed by atoms with Gasteiger partial charge in [-0.1, -0.05) is 13.8 Å². The number of fused-ring (bicyclic) bond motifs is 4. The van der Waals surface area contributed by atoms with E-state index in [-0.39, 0.29) is 34.4 Å². The maximum Gasteiger partial charge on any atom is 0.181 e. The number of Topliss-reactive ketones (excluding diaryl/α,β-unsaturated/α-hetero) is 1. The second-order valence-corrected chi connectivity index (χ2v) is 9.65. The lowest BCUT2D eigenvalue weighted by molar-refractivity contribution is -0.138. The number of rotatable bonds is 0. The standard InChI is InChI=1S/C20H27NO3/c1-18-7-6-14-12(13(18)3-4-15(18)22)5-8-20-17(24-20)16(23)11(10-21)9-19(14,20)2/h11-15,17,22H,3-9H2,1-2H3/t11-,12-,13-,14-,15-,17+,18-,19+,20+/m0/s1. The highest BCUT2D eigenvalue weighted by Gasteiger charge is 2.78. The molecule has 0 unspecified atom stereocenters. The summed E-state index contributed by atoms with van der Waals surface area (Å²) in [6.07, 6.45) is 6.53. The summed E-state index contributed by atoms with van der Waals surface area (Å²) < 4.78 is 6.07. The van der Waals surface area contributed by atoms with Crippen LogP contribution in [0.2, 0.25) is 0 Å². The molecule has 0 bridgehead atoms. The molecule has 0 amide bonds. The average molecular weight is 329 g/mol. The quantitative estimate of drug-likeness (QED) is 0.694. The van der Waals surface area contributed by atoms with Gasteiger partial charge in [-0.25, -0.2) is 0 Å². The highest BCUT2D eigenvalue weighted by atomic mass is 16.6. The molecule has 130 valence electrons.